The molecule has 1 aromatic carbocycles. The molecule has 0 radical (unpaired) electrons. The van der Waals surface area contributed by atoms with Crippen molar-refractivity contribution in [2.45, 2.75) is 12.2 Å². The van der Waals surface area contributed by atoms with Gasteiger partial charge in [-0.05, 0) is 18.2 Å². The van der Waals surface area contributed by atoms with E-state index < -0.39 is 0 Å². The van der Waals surface area contributed by atoms with Gasteiger partial charge in [0, 0.05) is 11.6 Å². The zero-order valence-electron chi connectivity index (χ0n) is 8.42. The first-order valence-corrected chi connectivity index (χ1v) is 6.31. The summed E-state index contributed by atoms with van der Waals surface area (Å²) in [6.07, 6.45) is 1.09. The Bertz CT molecular complexity index is 522. The Balaban J connectivity index is 2.36. The molecule has 0 saturated heterocycles. The van der Waals surface area contributed by atoms with Crippen LogP contribution in [0, 0.1) is 0 Å². The number of nitrogen functional groups attached to an aromatic ring is 1. The van der Waals surface area contributed by atoms with Gasteiger partial charge in [0.15, 0.2) is 5.69 Å². The molecule has 3 rings (SSSR count). The predicted molar refractivity (Wildman–Crippen MR) is 64.8 cm³/mol. The maximum Gasteiger partial charge on any atom is 0.213 e. The number of H-pyrrole nitrogens is 1. The van der Waals surface area contributed by atoms with Crippen LogP contribution in [0.1, 0.15) is 11.3 Å². The topological polar surface area (TPSA) is 40.2 Å². The van der Waals surface area contributed by atoms with Crippen LogP contribution in [0.2, 0.25) is 0 Å². The molecule has 0 saturated carbocycles. The molecule has 0 aliphatic carbocycles. The Hall–Kier alpha value is -1.22. The van der Waals surface area contributed by atoms with Crippen molar-refractivity contribution < 1.29 is 4.98 Å². The third-order valence-electron chi connectivity index (χ3n) is 2.93. The first kappa shape index (κ1) is 9.04. The Morgan fingerprint density at radius 1 is 1.27 bits per heavy atom. The van der Waals surface area contributed by atoms with Gasteiger partial charge in [0.2, 0.25) is 5.52 Å². The van der Waals surface area contributed by atoms with Crippen LogP contribution in [0.25, 0.3) is 10.9 Å². The number of thioether (sulfide) groups is 1. The number of hydrogen-bond acceptors (Lipinski definition) is 2. The monoisotopic (exact) mass is 217 g/mol. The molecule has 3 heteroatoms. The van der Waals surface area contributed by atoms with Crippen molar-refractivity contribution in [2.75, 3.05) is 11.5 Å². The summed E-state index contributed by atoms with van der Waals surface area (Å²) in [6, 6.07) is 8.26. The van der Waals surface area contributed by atoms with Crippen molar-refractivity contribution >= 4 is 28.4 Å². The van der Waals surface area contributed by atoms with E-state index in [1.807, 2.05) is 23.9 Å². The first-order chi connectivity index (χ1) is 7.36. The normalized spacial score (nSPS) is 15.2. The molecule has 3 N–H and O–H groups in total. The Morgan fingerprint density at radius 2 is 2.13 bits per heavy atom. The van der Waals surface area contributed by atoms with Crippen molar-refractivity contribution in [3.8, 4) is 0 Å². The number of aromatic nitrogens is 1. The molecule has 1 aliphatic rings. The Labute approximate surface area is 92.9 Å². The van der Waals surface area contributed by atoms with Crippen molar-refractivity contribution in [1.29, 1.82) is 0 Å². The van der Waals surface area contributed by atoms with Crippen molar-refractivity contribution in [1.82, 2.24) is 0 Å². The van der Waals surface area contributed by atoms with Crippen LogP contribution in [0.15, 0.2) is 24.3 Å². The highest BCUT2D eigenvalue weighted by atomic mass is 32.2. The van der Waals surface area contributed by atoms with Crippen LogP contribution >= 0.6 is 11.8 Å². The summed E-state index contributed by atoms with van der Waals surface area (Å²) in [5.74, 6) is 2.24. The highest BCUT2D eigenvalue weighted by molar-refractivity contribution is 7.98. The molecule has 0 bridgehead atoms. The number of para-hydroxylation sites is 1. The number of rotatable bonds is 0. The predicted octanol–water partition coefficient (Wildman–Crippen LogP) is 2.03. The third kappa shape index (κ3) is 1.38. The molecule has 2 aromatic rings. The van der Waals surface area contributed by atoms with E-state index in [4.69, 9.17) is 5.73 Å². The van der Waals surface area contributed by atoms with Gasteiger partial charge in [-0.2, -0.15) is 11.8 Å². The van der Waals surface area contributed by atoms with E-state index >= 15 is 0 Å². The molecule has 2 nitrogen and oxygen atoms in total. The lowest BCUT2D eigenvalue weighted by Crippen LogP contribution is -2.20. The van der Waals surface area contributed by atoms with Crippen LogP contribution in [0.4, 0.5) is 5.69 Å². The Kier molecular flexibility index (Phi) is 2.06. The number of aromatic amines is 1. The van der Waals surface area contributed by atoms with E-state index in [0.717, 1.165) is 28.8 Å². The van der Waals surface area contributed by atoms with Gasteiger partial charge in [0.25, 0.3) is 0 Å². The van der Waals surface area contributed by atoms with Crippen LogP contribution in [0.3, 0.4) is 0 Å². The minimum atomic E-state index is 0.972. The molecule has 15 heavy (non-hydrogen) atoms. The van der Waals surface area contributed by atoms with Crippen molar-refractivity contribution in [3.05, 3.63) is 35.5 Å². The average Bonchev–Trinajstić information content (AvgIpc) is 2.30. The van der Waals surface area contributed by atoms with Gasteiger partial charge < -0.3 is 5.73 Å². The molecular formula is C12H13N2S+. The second-order valence-electron chi connectivity index (χ2n) is 3.84. The number of nitrogens with two attached hydrogens (primary N) is 1. The maximum atomic E-state index is 6.21. The van der Waals surface area contributed by atoms with E-state index in [0.29, 0.717) is 0 Å². The third-order valence-corrected chi connectivity index (χ3v) is 3.92. The van der Waals surface area contributed by atoms with Crippen LogP contribution < -0.4 is 10.7 Å². The molecule has 0 fully saturated rings. The lowest BCUT2D eigenvalue weighted by atomic mass is 10.0. The number of pyridine rings is 1. The van der Waals surface area contributed by atoms with Gasteiger partial charge in [-0.3, -0.25) is 0 Å². The van der Waals surface area contributed by atoms with E-state index in [1.165, 1.54) is 17.0 Å². The summed E-state index contributed by atoms with van der Waals surface area (Å²) in [4.78, 5) is 3.49. The summed E-state index contributed by atoms with van der Waals surface area (Å²) in [5, 5.41) is 1.16. The molecule has 0 amide bonds. The molecular weight excluding hydrogens is 204 g/mol. The molecule has 2 heterocycles. The minimum Gasteiger partial charge on any atom is -0.398 e. The molecule has 0 spiro atoms. The highest BCUT2D eigenvalue weighted by Gasteiger charge is 2.21. The Morgan fingerprint density at radius 3 is 3.07 bits per heavy atom. The van der Waals surface area contributed by atoms with Gasteiger partial charge >= 0.3 is 0 Å². The number of fused-ring (bicyclic) bond motifs is 2. The molecule has 0 unspecified atom stereocenters. The standard InChI is InChI=1S/C12H12N2S/c13-12-8-3-1-2-4-10(8)14-11-7-15-6-5-9(11)12/h1-4H,5-7H2,(H2,13,14)/p+1. The quantitative estimate of drug-likeness (QED) is 0.733. The lowest BCUT2D eigenvalue weighted by molar-refractivity contribution is -0.356. The van der Waals surface area contributed by atoms with Gasteiger partial charge in [-0.15, -0.1) is 0 Å². The zero-order valence-corrected chi connectivity index (χ0v) is 9.23. The second kappa shape index (κ2) is 3.42. The summed E-state index contributed by atoms with van der Waals surface area (Å²) in [6.45, 7) is 0. The van der Waals surface area contributed by atoms with Crippen molar-refractivity contribution in [2.24, 2.45) is 0 Å². The largest absolute Gasteiger partial charge is 0.398 e. The second-order valence-corrected chi connectivity index (χ2v) is 4.95. The SMILES string of the molecule is Nc1c2c([nH+]c3ccccc13)CSCC2. The first-order valence-electron chi connectivity index (χ1n) is 5.15. The number of hydrogen-bond donors (Lipinski definition) is 1. The van der Waals surface area contributed by atoms with Crippen LogP contribution in [-0.4, -0.2) is 5.75 Å². The fraction of sp³-hybridized carbons (Fsp3) is 0.250. The van der Waals surface area contributed by atoms with Gasteiger partial charge in [0.1, 0.15) is 0 Å². The summed E-state index contributed by atoms with van der Waals surface area (Å²) < 4.78 is 0. The van der Waals surface area contributed by atoms with E-state index in [9.17, 15) is 0 Å². The smallest absolute Gasteiger partial charge is 0.213 e. The average molecular weight is 217 g/mol. The fourth-order valence-electron chi connectivity index (χ4n) is 2.15. The van der Waals surface area contributed by atoms with Gasteiger partial charge in [0.05, 0.1) is 16.8 Å². The van der Waals surface area contributed by atoms with Crippen LogP contribution in [-0.2, 0) is 12.2 Å². The zero-order chi connectivity index (χ0) is 10.3. The maximum absolute atomic E-state index is 6.21. The summed E-state index contributed by atoms with van der Waals surface area (Å²) in [5.41, 5.74) is 11.0. The van der Waals surface area contributed by atoms with Gasteiger partial charge in [-0.25, -0.2) is 4.98 Å². The van der Waals surface area contributed by atoms with Gasteiger partial charge in [-0.1, -0.05) is 12.1 Å². The molecule has 0 atom stereocenters. The van der Waals surface area contributed by atoms with E-state index in [1.54, 1.807) is 0 Å². The van der Waals surface area contributed by atoms with Crippen LogP contribution in [0.5, 0.6) is 0 Å². The highest BCUT2D eigenvalue weighted by Crippen LogP contribution is 2.29. The molecule has 76 valence electrons. The summed E-state index contributed by atoms with van der Waals surface area (Å²) >= 11 is 1.97. The minimum absolute atomic E-state index is 0.972. The lowest BCUT2D eigenvalue weighted by Gasteiger charge is -2.13. The number of nitrogens with one attached hydrogen (secondary N) is 1. The van der Waals surface area contributed by atoms with E-state index in [-0.39, 0.29) is 0 Å². The van der Waals surface area contributed by atoms with Crippen molar-refractivity contribution in [3.63, 3.8) is 0 Å². The number of benzene rings is 1. The summed E-state index contributed by atoms with van der Waals surface area (Å²) in [7, 11) is 0. The number of anilines is 1. The fourth-order valence-corrected chi connectivity index (χ4v) is 3.09. The molecule has 1 aromatic heterocycles. The van der Waals surface area contributed by atoms with E-state index in [2.05, 4.69) is 17.1 Å². The molecule has 1 aliphatic heterocycles.